The van der Waals surface area contributed by atoms with Gasteiger partial charge in [0.1, 0.15) is 11.3 Å². The topological polar surface area (TPSA) is 100 Å². The largest absolute Gasteiger partial charge is 0.389 e. The molecule has 0 saturated carbocycles. The molecule has 3 aromatic rings. The molecular weight excluding hydrogens is 423 g/mol. The van der Waals surface area contributed by atoms with Gasteiger partial charge in [-0.1, -0.05) is 11.6 Å². The van der Waals surface area contributed by atoms with Crippen molar-refractivity contribution in [3.8, 4) is 11.3 Å². The maximum atomic E-state index is 15.0. The molecule has 1 fully saturated rings. The number of hydrogen-bond donors (Lipinski definition) is 3. The summed E-state index contributed by atoms with van der Waals surface area (Å²) in [5, 5.41) is 24.2. The van der Waals surface area contributed by atoms with Crippen LogP contribution in [0, 0.1) is 19.7 Å². The highest BCUT2D eigenvalue weighted by molar-refractivity contribution is 6.33. The van der Waals surface area contributed by atoms with Gasteiger partial charge in [0.25, 0.3) is 0 Å². The van der Waals surface area contributed by atoms with E-state index in [1.165, 1.54) is 12.3 Å². The number of nitrogens with one attached hydrogen (secondary N) is 1. The molecule has 0 bridgehead atoms. The molecule has 7 nitrogen and oxygen atoms in total. The predicted octanol–water partition coefficient (Wildman–Crippen LogP) is 3.72. The van der Waals surface area contributed by atoms with E-state index in [2.05, 4.69) is 20.3 Å². The summed E-state index contributed by atoms with van der Waals surface area (Å²) < 4.78 is 20.3. The standard InChI is InChI=1S/C22H24ClFN4O3/c1-10-14-6-13(7-16(24)21(14)26-11(2)19(10)12(3)29)20-15(23)8-25-22(28-20)27-17-4-5-31-9-18(17)30/h6-8,12,17-18,29-30H,4-5,9H2,1-3H3,(H,25,27,28)/t12?,17-,18-/m1/s1. The van der Waals surface area contributed by atoms with E-state index in [-0.39, 0.29) is 29.1 Å². The summed E-state index contributed by atoms with van der Waals surface area (Å²) in [6.45, 7) is 6.02. The highest BCUT2D eigenvalue weighted by Gasteiger charge is 2.25. The second kappa shape index (κ2) is 8.63. The lowest BCUT2D eigenvalue weighted by molar-refractivity contribution is -0.0136. The Morgan fingerprint density at radius 1 is 1.29 bits per heavy atom. The van der Waals surface area contributed by atoms with Crippen LogP contribution >= 0.6 is 11.6 Å². The van der Waals surface area contributed by atoms with Gasteiger partial charge in [-0.2, -0.15) is 0 Å². The summed E-state index contributed by atoms with van der Waals surface area (Å²) in [5.74, 6) is -0.214. The number of nitrogens with zero attached hydrogens (tertiary/aromatic N) is 3. The molecule has 1 saturated heterocycles. The molecular formula is C22H24ClFN4O3. The second-order valence-electron chi connectivity index (χ2n) is 7.84. The minimum Gasteiger partial charge on any atom is -0.389 e. The number of aromatic nitrogens is 3. The van der Waals surface area contributed by atoms with E-state index < -0.39 is 18.0 Å². The highest BCUT2D eigenvalue weighted by atomic mass is 35.5. The van der Waals surface area contributed by atoms with Crippen LogP contribution < -0.4 is 5.32 Å². The van der Waals surface area contributed by atoms with Crippen LogP contribution in [0.25, 0.3) is 22.2 Å². The van der Waals surface area contributed by atoms with Crippen LogP contribution in [0.1, 0.15) is 36.3 Å². The summed E-state index contributed by atoms with van der Waals surface area (Å²) in [7, 11) is 0. The number of benzene rings is 1. The summed E-state index contributed by atoms with van der Waals surface area (Å²) in [6.07, 6.45) is 0.652. The molecule has 0 spiro atoms. The molecule has 0 radical (unpaired) electrons. The summed E-state index contributed by atoms with van der Waals surface area (Å²) >= 11 is 6.35. The Labute approximate surface area is 184 Å². The fraction of sp³-hybridized carbons (Fsp3) is 0.409. The zero-order chi connectivity index (χ0) is 22.3. The summed E-state index contributed by atoms with van der Waals surface area (Å²) in [6, 6.07) is 2.87. The molecule has 4 rings (SSSR count). The van der Waals surface area contributed by atoms with Crippen molar-refractivity contribution < 1.29 is 19.3 Å². The number of aryl methyl sites for hydroxylation is 2. The van der Waals surface area contributed by atoms with Gasteiger partial charge in [-0.25, -0.2) is 19.3 Å². The molecule has 1 aromatic carbocycles. The lowest BCUT2D eigenvalue weighted by atomic mass is 9.96. The molecule has 9 heteroatoms. The molecule has 0 aliphatic carbocycles. The monoisotopic (exact) mass is 446 g/mol. The van der Waals surface area contributed by atoms with Crippen molar-refractivity contribution in [2.45, 2.75) is 45.4 Å². The molecule has 1 aliphatic rings. The van der Waals surface area contributed by atoms with Crippen molar-refractivity contribution in [1.82, 2.24) is 15.0 Å². The average Bonchev–Trinajstić information content (AvgIpc) is 2.71. The van der Waals surface area contributed by atoms with E-state index in [4.69, 9.17) is 16.3 Å². The number of aliphatic hydroxyl groups is 2. The molecule has 1 aliphatic heterocycles. The van der Waals surface area contributed by atoms with Crippen LogP contribution in [0.4, 0.5) is 10.3 Å². The Kier molecular flexibility index (Phi) is 6.07. The molecule has 2 aromatic heterocycles. The number of ether oxygens (including phenoxy) is 1. The van der Waals surface area contributed by atoms with Gasteiger partial charge in [-0.3, -0.25) is 0 Å². The SMILES string of the molecule is Cc1nc2c(F)cc(-c3nc(N[C@@H]4CCOC[C@H]4O)ncc3Cl)cc2c(C)c1C(C)O. The van der Waals surface area contributed by atoms with Gasteiger partial charge in [0.05, 0.1) is 41.8 Å². The van der Waals surface area contributed by atoms with Gasteiger partial charge in [0.15, 0.2) is 0 Å². The van der Waals surface area contributed by atoms with Crippen molar-refractivity contribution in [2.24, 2.45) is 0 Å². The third-order valence-corrected chi connectivity index (χ3v) is 5.89. The zero-order valence-corrected chi connectivity index (χ0v) is 18.2. The van der Waals surface area contributed by atoms with Crippen LogP contribution in [0.2, 0.25) is 5.02 Å². The molecule has 164 valence electrons. The molecule has 3 heterocycles. The Hall–Kier alpha value is -2.39. The van der Waals surface area contributed by atoms with E-state index in [1.54, 1.807) is 19.9 Å². The third-order valence-electron chi connectivity index (χ3n) is 5.62. The van der Waals surface area contributed by atoms with Crippen molar-refractivity contribution in [3.63, 3.8) is 0 Å². The Morgan fingerprint density at radius 3 is 2.77 bits per heavy atom. The molecule has 3 N–H and O–H groups in total. The summed E-state index contributed by atoms with van der Waals surface area (Å²) in [4.78, 5) is 13.0. The number of fused-ring (bicyclic) bond motifs is 1. The molecule has 1 unspecified atom stereocenters. The van der Waals surface area contributed by atoms with Gasteiger partial charge >= 0.3 is 0 Å². The molecule has 0 amide bonds. The Morgan fingerprint density at radius 2 is 2.06 bits per heavy atom. The third kappa shape index (κ3) is 4.21. The van der Waals surface area contributed by atoms with Crippen LogP contribution in [-0.2, 0) is 4.74 Å². The van der Waals surface area contributed by atoms with Crippen molar-refractivity contribution in [1.29, 1.82) is 0 Å². The van der Waals surface area contributed by atoms with Crippen LogP contribution in [-0.4, -0.2) is 50.5 Å². The number of halogens is 2. The quantitative estimate of drug-likeness (QED) is 0.561. The Balaban J connectivity index is 1.79. The van der Waals surface area contributed by atoms with Crippen LogP contribution in [0.3, 0.4) is 0 Å². The van der Waals surface area contributed by atoms with E-state index >= 15 is 4.39 Å². The lowest BCUT2D eigenvalue weighted by Crippen LogP contribution is -2.42. The number of rotatable bonds is 4. The first-order valence-electron chi connectivity index (χ1n) is 10.1. The van der Waals surface area contributed by atoms with E-state index in [0.717, 1.165) is 5.56 Å². The van der Waals surface area contributed by atoms with Crippen LogP contribution in [0.5, 0.6) is 0 Å². The minimum absolute atomic E-state index is 0.233. The van der Waals surface area contributed by atoms with Gasteiger partial charge < -0.3 is 20.3 Å². The molecule has 31 heavy (non-hydrogen) atoms. The average molecular weight is 447 g/mol. The number of hydrogen-bond acceptors (Lipinski definition) is 7. The van der Waals surface area contributed by atoms with Gasteiger partial charge in [-0.05, 0) is 44.9 Å². The first-order chi connectivity index (χ1) is 14.8. The fourth-order valence-corrected chi connectivity index (χ4v) is 4.29. The van der Waals surface area contributed by atoms with E-state index in [0.29, 0.717) is 40.9 Å². The maximum Gasteiger partial charge on any atom is 0.223 e. The fourth-order valence-electron chi connectivity index (χ4n) is 4.09. The van der Waals surface area contributed by atoms with Crippen LogP contribution in [0.15, 0.2) is 18.3 Å². The second-order valence-corrected chi connectivity index (χ2v) is 8.25. The smallest absolute Gasteiger partial charge is 0.223 e. The summed E-state index contributed by atoms with van der Waals surface area (Å²) in [5.41, 5.74) is 3.09. The van der Waals surface area contributed by atoms with Crippen molar-refractivity contribution >= 4 is 28.5 Å². The number of aliphatic hydroxyl groups excluding tert-OH is 2. The lowest BCUT2D eigenvalue weighted by Gasteiger charge is -2.28. The van der Waals surface area contributed by atoms with Gasteiger partial charge in [-0.15, -0.1) is 0 Å². The number of pyridine rings is 1. The molecule has 3 atom stereocenters. The highest BCUT2D eigenvalue weighted by Crippen LogP contribution is 2.34. The van der Waals surface area contributed by atoms with E-state index in [1.807, 2.05) is 6.92 Å². The first kappa shape index (κ1) is 21.8. The maximum absolute atomic E-state index is 15.0. The first-order valence-corrected chi connectivity index (χ1v) is 10.5. The minimum atomic E-state index is -0.729. The van der Waals surface area contributed by atoms with E-state index in [9.17, 15) is 10.2 Å². The van der Waals surface area contributed by atoms with Crippen molar-refractivity contribution in [2.75, 3.05) is 18.5 Å². The Bertz CT molecular complexity index is 1140. The zero-order valence-electron chi connectivity index (χ0n) is 17.5. The predicted molar refractivity (Wildman–Crippen MR) is 117 cm³/mol. The van der Waals surface area contributed by atoms with Gasteiger partial charge in [0.2, 0.25) is 5.95 Å². The van der Waals surface area contributed by atoms with Crippen molar-refractivity contribution in [3.05, 3.63) is 46.0 Å². The normalized spacial score (nSPS) is 20.1. The number of anilines is 1. The van der Waals surface area contributed by atoms with Gasteiger partial charge in [0, 0.05) is 28.8 Å².